The van der Waals surface area contributed by atoms with Gasteiger partial charge in [0.15, 0.2) is 0 Å². The van der Waals surface area contributed by atoms with Crippen molar-refractivity contribution in [1.29, 1.82) is 0 Å². The van der Waals surface area contributed by atoms with Gasteiger partial charge in [0, 0.05) is 32.6 Å². The summed E-state index contributed by atoms with van der Waals surface area (Å²) in [6.07, 6.45) is 0. The second kappa shape index (κ2) is 8.20. The zero-order valence-electron chi connectivity index (χ0n) is 13.7. The average Bonchev–Trinajstić information content (AvgIpc) is 2.65. The predicted octanol–water partition coefficient (Wildman–Crippen LogP) is 5.79. The number of hydrogen-bond acceptors (Lipinski definition) is 4. The molecule has 0 fully saturated rings. The Morgan fingerprint density at radius 2 is 1.70 bits per heavy atom. The van der Waals surface area contributed by atoms with E-state index in [-0.39, 0.29) is 11.3 Å². The van der Waals surface area contributed by atoms with Gasteiger partial charge >= 0.3 is 0 Å². The number of nitrogens with zero attached hydrogens (tertiary/aromatic N) is 1. The topological polar surface area (TPSA) is 72.2 Å². The molecule has 136 valence electrons. The maximum Gasteiger partial charge on any atom is 0.270 e. The van der Waals surface area contributed by atoms with E-state index in [2.05, 4.69) is 5.32 Å². The number of nitrogens with one attached hydrogen (secondary N) is 1. The van der Waals surface area contributed by atoms with Gasteiger partial charge in [-0.15, -0.1) is 0 Å². The van der Waals surface area contributed by atoms with Crippen molar-refractivity contribution in [2.75, 3.05) is 5.32 Å². The molecular formula is C19H12ClFN2O3S. The standard InChI is InChI=1S/C19H12ClFN2O3S/c20-12-1-8-16(9-2-12)27-18-10-7-15(23(25)26)11-17(18)19(24)22-14-5-3-13(21)4-6-14/h1-11H,(H,22,24). The zero-order chi connectivity index (χ0) is 19.4. The molecule has 0 aliphatic carbocycles. The van der Waals surface area contributed by atoms with Crippen LogP contribution in [0.3, 0.4) is 0 Å². The molecule has 3 aromatic rings. The number of halogens is 2. The van der Waals surface area contributed by atoms with Crippen molar-refractivity contribution in [2.45, 2.75) is 9.79 Å². The van der Waals surface area contributed by atoms with Crippen LogP contribution in [-0.4, -0.2) is 10.8 Å². The number of amides is 1. The molecule has 3 rings (SSSR count). The van der Waals surface area contributed by atoms with Crippen molar-refractivity contribution in [3.05, 3.63) is 93.2 Å². The van der Waals surface area contributed by atoms with Gasteiger partial charge < -0.3 is 5.32 Å². The van der Waals surface area contributed by atoms with E-state index in [1.54, 1.807) is 24.3 Å². The van der Waals surface area contributed by atoms with E-state index in [1.165, 1.54) is 54.2 Å². The highest BCUT2D eigenvalue weighted by molar-refractivity contribution is 7.99. The normalized spacial score (nSPS) is 10.4. The Balaban J connectivity index is 1.93. The van der Waals surface area contributed by atoms with Crippen LogP contribution in [0.2, 0.25) is 5.02 Å². The van der Waals surface area contributed by atoms with Crippen LogP contribution in [0.5, 0.6) is 0 Å². The number of carbonyl (C=O) groups is 1. The highest BCUT2D eigenvalue weighted by atomic mass is 35.5. The first kappa shape index (κ1) is 18.9. The Labute approximate surface area is 163 Å². The van der Waals surface area contributed by atoms with Gasteiger partial charge in [-0.1, -0.05) is 23.4 Å². The average molecular weight is 403 g/mol. The number of anilines is 1. The summed E-state index contributed by atoms with van der Waals surface area (Å²) in [5.41, 5.74) is 0.337. The Bertz CT molecular complexity index is 995. The largest absolute Gasteiger partial charge is 0.322 e. The van der Waals surface area contributed by atoms with Crippen LogP contribution in [-0.2, 0) is 0 Å². The van der Waals surface area contributed by atoms with Crippen molar-refractivity contribution in [3.8, 4) is 0 Å². The van der Waals surface area contributed by atoms with E-state index >= 15 is 0 Å². The van der Waals surface area contributed by atoms with Crippen LogP contribution in [0.4, 0.5) is 15.8 Å². The summed E-state index contributed by atoms with van der Waals surface area (Å²) in [6.45, 7) is 0. The highest BCUT2D eigenvalue weighted by Gasteiger charge is 2.18. The molecule has 3 aromatic carbocycles. The van der Waals surface area contributed by atoms with Crippen molar-refractivity contribution >= 4 is 40.6 Å². The SMILES string of the molecule is O=C(Nc1ccc(F)cc1)c1cc([N+](=O)[O-])ccc1Sc1ccc(Cl)cc1. The molecule has 0 aliphatic heterocycles. The van der Waals surface area contributed by atoms with Crippen LogP contribution in [0.1, 0.15) is 10.4 Å². The van der Waals surface area contributed by atoms with Gasteiger partial charge in [-0.05, 0) is 54.6 Å². The first-order valence-electron chi connectivity index (χ1n) is 7.71. The number of nitro benzene ring substituents is 1. The summed E-state index contributed by atoms with van der Waals surface area (Å²) in [7, 11) is 0. The minimum absolute atomic E-state index is 0.147. The molecule has 0 heterocycles. The first-order valence-corrected chi connectivity index (χ1v) is 8.90. The Morgan fingerprint density at radius 3 is 2.33 bits per heavy atom. The van der Waals surface area contributed by atoms with Gasteiger partial charge in [-0.2, -0.15) is 0 Å². The molecule has 8 heteroatoms. The maximum atomic E-state index is 13.0. The third-order valence-corrected chi connectivity index (χ3v) is 4.90. The quantitative estimate of drug-likeness (QED) is 0.433. The Kier molecular flexibility index (Phi) is 5.73. The van der Waals surface area contributed by atoms with E-state index in [1.807, 2.05) is 0 Å². The lowest BCUT2D eigenvalue weighted by Gasteiger charge is -2.10. The summed E-state index contributed by atoms with van der Waals surface area (Å²) in [5.74, 6) is -0.955. The fourth-order valence-corrected chi connectivity index (χ4v) is 3.31. The fraction of sp³-hybridized carbons (Fsp3) is 0. The van der Waals surface area contributed by atoms with Crippen LogP contribution < -0.4 is 5.32 Å². The lowest BCUT2D eigenvalue weighted by atomic mass is 10.2. The molecular weight excluding hydrogens is 391 g/mol. The molecule has 0 spiro atoms. The van der Waals surface area contributed by atoms with E-state index in [0.29, 0.717) is 15.6 Å². The molecule has 0 aliphatic rings. The molecule has 0 saturated carbocycles. The van der Waals surface area contributed by atoms with Gasteiger partial charge in [0.05, 0.1) is 10.5 Å². The van der Waals surface area contributed by atoms with Gasteiger partial charge in [0.25, 0.3) is 11.6 Å². The number of rotatable bonds is 5. The molecule has 1 amide bonds. The van der Waals surface area contributed by atoms with Gasteiger partial charge in [-0.3, -0.25) is 14.9 Å². The number of non-ortho nitro benzene ring substituents is 1. The molecule has 0 bridgehead atoms. The number of hydrogen-bond donors (Lipinski definition) is 1. The minimum Gasteiger partial charge on any atom is -0.322 e. The van der Waals surface area contributed by atoms with Gasteiger partial charge in [0.2, 0.25) is 0 Å². The molecule has 0 atom stereocenters. The third kappa shape index (κ3) is 4.84. The minimum atomic E-state index is -0.564. The van der Waals surface area contributed by atoms with Crippen molar-refractivity contribution < 1.29 is 14.1 Å². The van der Waals surface area contributed by atoms with Crippen molar-refractivity contribution in [3.63, 3.8) is 0 Å². The summed E-state index contributed by atoms with van der Waals surface area (Å²) in [4.78, 5) is 24.6. The summed E-state index contributed by atoms with van der Waals surface area (Å²) in [6, 6.07) is 16.3. The number of nitro groups is 1. The van der Waals surface area contributed by atoms with Gasteiger partial charge in [0.1, 0.15) is 5.82 Å². The number of benzene rings is 3. The van der Waals surface area contributed by atoms with Crippen LogP contribution >= 0.6 is 23.4 Å². The van der Waals surface area contributed by atoms with Crippen molar-refractivity contribution in [2.24, 2.45) is 0 Å². The van der Waals surface area contributed by atoms with Crippen molar-refractivity contribution in [1.82, 2.24) is 0 Å². The van der Waals surface area contributed by atoms with Gasteiger partial charge in [-0.25, -0.2) is 4.39 Å². The predicted molar refractivity (Wildman–Crippen MR) is 103 cm³/mol. The second-order valence-electron chi connectivity index (χ2n) is 5.45. The monoisotopic (exact) mass is 402 g/mol. The van der Waals surface area contributed by atoms with Crippen LogP contribution in [0, 0.1) is 15.9 Å². The molecule has 0 aromatic heterocycles. The molecule has 5 nitrogen and oxygen atoms in total. The smallest absolute Gasteiger partial charge is 0.270 e. The molecule has 27 heavy (non-hydrogen) atoms. The summed E-state index contributed by atoms with van der Waals surface area (Å²) >= 11 is 7.16. The Morgan fingerprint density at radius 1 is 1.04 bits per heavy atom. The van der Waals surface area contributed by atoms with E-state index in [9.17, 15) is 19.3 Å². The second-order valence-corrected chi connectivity index (χ2v) is 7.01. The fourth-order valence-electron chi connectivity index (χ4n) is 2.26. The highest BCUT2D eigenvalue weighted by Crippen LogP contribution is 2.33. The summed E-state index contributed by atoms with van der Waals surface area (Å²) < 4.78 is 13.0. The molecule has 0 unspecified atom stereocenters. The number of carbonyl (C=O) groups excluding carboxylic acids is 1. The lowest BCUT2D eigenvalue weighted by Crippen LogP contribution is -2.13. The maximum absolute atomic E-state index is 13.0. The summed E-state index contributed by atoms with van der Waals surface area (Å²) in [5, 5.41) is 14.3. The van der Waals surface area contributed by atoms with E-state index in [0.717, 1.165) is 4.90 Å². The van der Waals surface area contributed by atoms with Crippen LogP contribution in [0.15, 0.2) is 76.5 Å². The zero-order valence-corrected chi connectivity index (χ0v) is 15.3. The Hall–Kier alpha value is -2.90. The third-order valence-electron chi connectivity index (χ3n) is 3.56. The van der Waals surface area contributed by atoms with Crippen LogP contribution in [0.25, 0.3) is 0 Å². The molecule has 0 saturated heterocycles. The first-order chi connectivity index (χ1) is 12.9. The molecule has 1 N–H and O–H groups in total. The lowest BCUT2D eigenvalue weighted by molar-refractivity contribution is -0.384. The molecule has 0 radical (unpaired) electrons. The van der Waals surface area contributed by atoms with E-state index in [4.69, 9.17) is 11.6 Å². The van der Waals surface area contributed by atoms with E-state index < -0.39 is 16.6 Å².